The maximum atomic E-state index is 11.3. The van der Waals surface area contributed by atoms with Gasteiger partial charge in [-0.25, -0.2) is 0 Å². The van der Waals surface area contributed by atoms with E-state index in [0.29, 0.717) is 13.0 Å². The SMILES string of the molecule is Cl.O=[N+]([O-])C1(CCCNc2c3c(nc4ccccc24)CCSC3)N=CC=N1. The predicted molar refractivity (Wildman–Crippen MR) is 113 cm³/mol. The van der Waals surface area contributed by atoms with E-state index in [-0.39, 0.29) is 18.8 Å². The van der Waals surface area contributed by atoms with Gasteiger partial charge in [0.2, 0.25) is 0 Å². The van der Waals surface area contributed by atoms with Crippen molar-refractivity contribution in [3.8, 4) is 0 Å². The van der Waals surface area contributed by atoms with Gasteiger partial charge >= 0.3 is 5.79 Å². The molecule has 4 rings (SSSR count). The van der Waals surface area contributed by atoms with Crippen LogP contribution in [0, 0.1) is 10.1 Å². The number of halogens is 1. The third-order valence-corrected chi connectivity index (χ3v) is 5.71. The van der Waals surface area contributed by atoms with Crippen molar-refractivity contribution in [3.63, 3.8) is 0 Å². The van der Waals surface area contributed by atoms with Gasteiger partial charge in [0.15, 0.2) is 0 Å². The van der Waals surface area contributed by atoms with E-state index in [0.717, 1.165) is 40.2 Å². The molecule has 7 nitrogen and oxygen atoms in total. The number of nitrogens with zero attached hydrogens (tertiary/aromatic N) is 4. The summed E-state index contributed by atoms with van der Waals surface area (Å²) in [5.74, 6) is 0.513. The fraction of sp³-hybridized carbons (Fsp3) is 0.389. The Morgan fingerprint density at radius 2 is 2.04 bits per heavy atom. The first-order chi connectivity index (χ1) is 12.7. The van der Waals surface area contributed by atoms with Crippen LogP contribution in [0.15, 0.2) is 34.3 Å². The lowest BCUT2D eigenvalue weighted by Gasteiger charge is -2.21. The molecule has 0 bridgehead atoms. The van der Waals surface area contributed by atoms with E-state index in [1.54, 1.807) is 0 Å². The normalized spacial score (nSPS) is 16.7. The van der Waals surface area contributed by atoms with Crippen molar-refractivity contribution in [2.75, 3.05) is 17.6 Å². The van der Waals surface area contributed by atoms with Crippen LogP contribution in [0.3, 0.4) is 0 Å². The molecule has 1 aromatic heterocycles. The van der Waals surface area contributed by atoms with E-state index in [4.69, 9.17) is 4.98 Å². The van der Waals surface area contributed by atoms with Crippen LogP contribution in [0.1, 0.15) is 24.1 Å². The fourth-order valence-electron chi connectivity index (χ4n) is 3.40. The average molecular weight is 406 g/mol. The number of aliphatic imine (C=N–C) groups is 2. The highest BCUT2D eigenvalue weighted by Crippen LogP contribution is 2.35. The molecule has 0 radical (unpaired) electrons. The summed E-state index contributed by atoms with van der Waals surface area (Å²) in [6.07, 6.45) is 4.67. The number of nitro groups is 1. The quantitative estimate of drug-likeness (QED) is 0.449. The van der Waals surface area contributed by atoms with Gasteiger partial charge in [-0.3, -0.25) is 15.1 Å². The molecule has 0 unspecified atom stereocenters. The molecule has 1 N–H and O–H groups in total. The van der Waals surface area contributed by atoms with E-state index < -0.39 is 10.7 Å². The van der Waals surface area contributed by atoms with Crippen molar-refractivity contribution in [3.05, 3.63) is 45.6 Å². The molecule has 2 aliphatic heterocycles. The third kappa shape index (κ3) is 3.77. The Kier molecular flexibility index (Phi) is 5.96. The molecule has 2 aromatic rings. The number of rotatable bonds is 6. The summed E-state index contributed by atoms with van der Waals surface area (Å²) in [5, 5.41) is 15.9. The zero-order chi connectivity index (χ0) is 18.0. The molecule has 0 fully saturated rings. The Hall–Kier alpha value is -2.19. The molecule has 27 heavy (non-hydrogen) atoms. The molecule has 1 aromatic carbocycles. The highest BCUT2D eigenvalue weighted by atomic mass is 35.5. The molecule has 0 spiro atoms. The second kappa shape index (κ2) is 8.22. The van der Waals surface area contributed by atoms with Gasteiger partial charge in [-0.1, -0.05) is 18.2 Å². The van der Waals surface area contributed by atoms with Crippen LogP contribution in [-0.2, 0) is 12.2 Å². The molecule has 0 atom stereocenters. The van der Waals surface area contributed by atoms with Gasteiger partial charge in [0.25, 0.3) is 0 Å². The molecular formula is C18H20ClN5O2S. The summed E-state index contributed by atoms with van der Waals surface area (Å²) in [6.45, 7) is 0.631. The van der Waals surface area contributed by atoms with E-state index in [1.165, 1.54) is 18.0 Å². The van der Waals surface area contributed by atoms with Crippen molar-refractivity contribution < 1.29 is 4.92 Å². The number of aromatic nitrogens is 1. The second-order valence-corrected chi connectivity index (χ2v) is 7.46. The first-order valence-electron chi connectivity index (χ1n) is 8.65. The van der Waals surface area contributed by atoms with E-state index >= 15 is 0 Å². The lowest BCUT2D eigenvalue weighted by molar-refractivity contribution is -0.566. The Morgan fingerprint density at radius 1 is 1.26 bits per heavy atom. The van der Waals surface area contributed by atoms with Crippen molar-refractivity contribution >= 4 is 53.2 Å². The highest BCUT2D eigenvalue weighted by molar-refractivity contribution is 7.98. The van der Waals surface area contributed by atoms with Crippen molar-refractivity contribution in [1.82, 2.24) is 4.98 Å². The zero-order valence-electron chi connectivity index (χ0n) is 14.6. The summed E-state index contributed by atoms with van der Waals surface area (Å²) in [5.41, 5.74) is 4.54. The Labute approximate surface area is 167 Å². The minimum Gasteiger partial charge on any atom is -0.384 e. The van der Waals surface area contributed by atoms with Crippen LogP contribution in [0.2, 0.25) is 0 Å². The molecule has 0 saturated carbocycles. The van der Waals surface area contributed by atoms with Crippen molar-refractivity contribution in [2.24, 2.45) is 9.98 Å². The third-order valence-electron chi connectivity index (χ3n) is 4.72. The molecule has 3 heterocycles. The van der Waals surface area contributed by atoms with Crippen LogP contribution in [0.5, 0.6) is 0 Å². The number of hydrogen-bond donors (Lipinski definition) is 1. The first-order valence-corrected chi connectivity index (χ1v) is 9.81. The minimum atomic E-state index is -1.53. The predicted octanol–water partition coefficient (Wildman–Crippen LogP) is 3.72. The Morgan fingerprint density at radius 3 is 2.81 bits per heavy atom. The van der Waals surface area contributed by atoms with Crippen LogP contribution in [0.4, 0.5) is 5.69 Å². The first kappa shape index (κ1) is 19.6. The Bertz CT molecular complexity index is 906. The molecule has 0 amide bonds. The number of benzene rings is 1. The largest absolute Gasteiger partial charge is 0.411 e. The number of nitrogens with one attached hydrogen (secondary N) is 1. The minimum absolute atomic E-state index is 0. The molecule has 0 saturated heterocycles. The van der Waals surface area contributed by atoms with Gasteiger partial charge in [0.1, 0.15) is 0 Å². The number of anilines is 1. The van der Waals surface area contributed by atoms with E-state index in [2.05, 4.69) is 21.4 Å². The number of pyridine rings is 1. The standard InChI is InChI=1S/C18H19N5O2S.ClH/c24-23(25)18(20-9-10-21-18)7-3-8-19-17-13-4-1-2-5-15(13)22-16-6-11-26-12-14(16)17;/h1-2,4-5,9-10H,3,6-8,11-12H2,(H,19,22);1H. The highest BCUT2D eigenvalue weighted by Gasteiger charge is 2.42. The van der Waals surface area contributed by atoms with Crippen LogP contribution in [-0.4, -0.2) is 40.4 Å². The van der Waals surface area contributed by atoms with E-state index in [9.17, 15) is 10.1 Å². The van der Waals surface area contributed by atoms with Gasteiger partial charge in [-0.15, -0.1) is 12.4 Å². The fourth-order valence-corrected chi connectivity index (χ4v) is 4.40. The smallest absolute Gasteiger partial charge is 0.384 e. The number of hydrogen-bond acceptors (Lipinski definition) is 7. The second-order valence-electron chi connectivity index (χ2n) is 6.35. The zero-order valence-corrected chi connectivity index (χ0v) is 16.3. The van der Waals surface area contributed by atoms with Gasteiger partial charge in [0.05, 0.1) is 16.9 Å². The monoisotopic (exact) mass is 405 g/mol. The van der Waals surface area contributed by atoms with Crippen molar-refractivity contribution in [2.45, 2.75) is 30.8 Å². The molecule has 0 aliphatic carbocycles. The number of aryl methyl sites for hydroxylation is 1. The topological polar surface area (TPSA) is 92.8 Å². The maximum absolute atomic E-state index is 11.3. The van der Waals surface area contributed by atoms with Crippen molar-refractivity contribution in [1.29, 1.82) is 0 Å². The summed E-state index contributed by atoms with van der Waals surface area (Å²) >= 11 is 1.92. The maximum Gasteiger partial charge on any atom is 0.411 e. The lowest BCUT2D eigenvalue weighted by atomic mass is 10.0. The van der Waals surface area contributed by atoms with Gasteiger partial charge in [-0.05, 0) is 24.7 Å². The summed E-state index contributed by atoms with van der Waals surface area (Å²) in [6, 6.07) is 8.13. The summed E-state index contributed by atoms with van der Waals surface area (Å²) < 4.78 is 0. The van der Waals surface area contributed by atoms with Gasteiger partial charge < -0.3 is 5.32 Å². The van der Waals surface area contributed by atoms with Gasteiger partial charge in [0, 0.05) is 47.1 Å². The Balaban J connectivity index is 0.00000210. The van der Waals surface area contributed by atoms with Crippen LogP contribution in [0.25, 0.3) is 10.9 Å². The molecule has 142 valence electrons. The molecule has 9 heteroatoms. The number of fused-ring (bicyclic) bond motifs is 2. The summed E-state index contributed by atoms with van der Waals surface area (Å²) in [7, 11) is 0. The molecule has 2 aliphatic rings. The number of para-hydroxylation sites is 1. The van der Waals surface area contributed by atoms with E-state index in [1.807, 2.05) is 30.0 Å². The number of thioether (sulfide) groups is 1. The average Bonchev–Trinajstić information content (AvgIpc) is 3.14. The van der Waals surface area contributed by atoms with Crippen LogP contribution < -0.4 is 5.32 Å². The van der Waals surface area contributed by atoms with Crippen LogP contribution >= 0.6 is 24.2 Å². The molecular weight excluding hydrogens is 386 g/mol. The lowest BCUT2D eigenvalue weighted by Crippen LogP contribution is -2.33. The summed E-state index contributed by atoms with van der Waals surface area (Å²) in [4.78, 5) is 23.6. The van der Waals surface area contributed by atoms with Gasteiger partial charge in [-0.2, -0.15) is 21.7 Å².